The highest BCUT2D eigenvalue weighted by Gasteiger charge is 2.21. The van der Waals surface area contributed by atoms with Gasteiger partial charge in [-0.15, -0.1) is 11.3 Å². The maximum absolute atomic E-state index is 12.7. The average molecular weight is 372 g/mol. The van der Waals surface area contributed by atoms with Crippen LogP contribution in [-0.2, 0) is 17.9 Å². The number of hydrogen-bond acceptors (Lipinski definition) is 7. The van der Waals surface area contributed by atoms with Crippen LogP contribution in [0.5, 0.6) is 0 Å². The zero-order valence-electron chi connectivity index (χ0n) is 14.3. The summed E-state index contributed by atoms with van der Waals surface area (Å²) < 4.78 is 0. The predicted octanol–water partition coefficient (Wildman–Crippen LogP) is 1.12. The fraction of sp³-hybridized carbons (Fsp3) is 0.412. The molecular formula is C17H20N6O2S. The van der Waals surface area contributed by atoms with Gasteiger partial charge in [0.1, 0.15) is 17.6 Å². The van der Waals surface area contributed by atoms with E-state index in [9.17, 15) is 9.90 Å². The molecule has 1 aliphatic rings. The molecule has 1 aromatic carbocycles. The van der Waals surface area contributed by atoms with Crippen molar-refractivity contribution in [1.82, 2.24) is 24.9 Å². The van der Waals surface area contributed by atoms with E-state index in [4.69, 9.17) is 0 Å². The fourth-order valence-electron chi connectivity index (χ4n) is 3.07. The van der Waals surface area contributed by atoms with Crippen molar-refractivity contribution in [3.8, 4) is 0 Å². The van der Waals surface area contributed by atoms with E-state index in [1.165, 1.54) is 16.1 Å². The summed E-state index contributed by atoms with van der Waals surface area (Å²) >= 11 is 1.53. The second kappa shape index (κ2) is 7.38. The van der Waals surface area contributed by atoms with E-state index in [0.717, 1.165) is 35.7 Å². The lowest BCUT2D eigenvalue weighted by atomic mass is 10.3. The highest BCUT2D eigenvalue weighted by atomic mass is 32.1. The Hall–Kier alpha value is -2.52. The molecule has 0 atom stereocenters. The smallest absolute Gasteiger partial charge is 0.246 e. The van der Waals surface area contributed by atoms with Crippen molar-refractivity contribution in [2.45, 2.75) is 19.6 Å². The van der Waals surface area contributed by atoms with Gasteiger partial charge in [0.15, 0.2) is 5.13 Å². The average Bonchev–Trinajstić information content (AvgIpc) is 3.21. The van der Waals surface area contributed by atoms with Crippen LogP contribution < -0.4 is 4.90 Å². The number of anilines is 1. The standard InChI is InChI=1S/C17H20N6O2S/c24-11-13-12-26-17(18-13)22-7-3-6-21(8-9-22)16(25)10-23-19-14-4-1-2-5-15(14)20-23/h1-2,4-5,12,24H,3,6-11H2. The van der Waals surface area contributed by atoms with Gasteiger partial charge in [-0.1, -0.05) is 12.1 Å². The van der Waals surface area contributed by atoms with E-state index in [-0.39, 0.29) is 19.1 Å². The van der Waals surface area contributed by atoms with Crippen LogP contribution in [-0.4, -0.2) is 62.1 Å². The summed E-state index contributed by atoms with van der Waals surface area (Å²) in [5, 5.41) is 20.7. The Morgan fingerprint density at radius 1 is 1.12 bits per heavy atom. The third kappa shape index (κ3) is 3.54. The van der Waals surface area contributed by atoms with Crippen LogP contribution in [0.25, 0.3) is 11.0 Å². The summed E-state index contributed by atoms with van der Waals surface area (Å²) in [5.41, 5.74) is 2.29. The minimum absolute atomic E-state index is 0.0299. The second-order valence-corrected chi connectivity index (χ2v) is 7.06. The first kappa shape index (κ1) is 16.9. The van der Waals surface area contributed by atoms with Gasteiger partial charge in [0, 0.05) is 31.6 Å². The zero-order valence-corrected chi connectivity index (χ0v) is 15.1. The lowest BCUT2D eigenvalue weighted by Crippen LogP contribution is -2.37. The van der Waals surface area contributed by atoms with Crippen LogP contribution in [0.1, 0.15) is 12.1 Å². The number of benzene rings is 1. The molecule has 26 heavy (non-hydrogen) atoms. The molecule has 0 unspecified atom stereocenters. The molecular weight excluding hydrogens is 352 g/mol. The minimum Gasteiger partial charge on any atom is -0.390 e. The molecule has 136 valence electrons. The Labute approximate surface area is 154 Å². The number of fused-ring (bicyclic) bond motifs is 1. The van der Waals surface area contributed by atoms with Crippen molar-refractivity contribution in [3.63, 3.8) is 0 Å². The maximum Gasteiger partial charge on any atom is 0.246 e. The van der Waals surface area contributed by atoms with Crippen molar-refractivity contribution in [2.24, 2.45) is 0 Å². The monoisotopic (exact) mass is 372 g/mol. The van der Waals surface area contributed by atoms with Crippen LogP contribution in [0.4, 0.5) is 5.13 Å². The van der Waals surface area contributed by atoms with Crippen LogP contribution in [0, 0.1) is 0 Å². The zero-order chi connectivity index (χ0) is 17.9. The van der Waals surface area contributed by atoms with Gasteiger partial charge in [-0.3, -0.25) is 4.79 Å². The second-order valence-electron chi connectivity index (χ2n) is 6.22. The van der Waals surface area contributed by atoms with Gasteiger partial charge < -0.3 is 14.9 Å². The Morgan fingerprint density at radius 2 is 1.88 bits per heavy atom. The molecule has 1 saturated heterocycles. The molecule has 3 aromatic rings. The number of rotatable bonds is 4. The van der Waals surface area contributed by atoms with Gasteiger partial charge in [-0.2, -0.15) is 15.0 Å². The molecule has 0 radical (unpaired) electrons. The number of carbonyl (C=O) groups excluding carboxylic acids is 1. The molecule has 2 aromatic heterocycles. The summed E-state index contributed by atoms with van der Waals surface area (Å²) in [6.07, 6.45) is 0.883. The number of aliphatic hydroxyl groups is 1. The molecule has 0 bridgehead atoms. The molecule has 9 heteroatoms. The van der Waals surface area contributed by atoms with Crippen LogP contribution in [0.2, 0.25) is 0 Å². The largest absolute Gasteiger partial charge is 0.390 e. The molecule has 1 fully saturated rings. The van der Waals surface area contributed by atoms with Gasteiger partial charge in [-0.25, -0.2) is 4.98 Å². The Bertz CT molecular complexity index is 874. The van der Waals surface area contributed by atoms with Crippen molar-refractivity contribution in [1.29, 1.82) is 0 Å². The molecule has 3 heterocycles. The maximum atomic E-state index is 12.7. The van der Waals surface area contributed by atoms with Crippen molar-refractivity contribution >= 4 is 33.4 Å². The molecule has 8 nitrogen and oxygen atoms in total. The van der Waals surface area contributed by atoms with E-state index >= 15 is 0 Å². The van der Waals surface area contributed by atoms with Crippen molar-refractivity contribution in [2.75, 3.05) is 31.1 Å². The molecule has 0 aliphatic carbocycles. The first-order valence-electron chi connectivity index (χ1n) is 8.61. The number of amides is 1. The lowest BCUT2D eigenvalue weighted by molar-refractivity contribution is -0.132. The molecule has 1 aliphatic heterocycles. The number of aliphatic hydroxyl groups excluding tert-OH is 1. The third-order valence-electron chi connectivity index (χ3n) is 4.43. The molecule has 0 spiro atoms. The number of thiazole rings is 1. The number of carbonyl (C=O) groups is 1. The first-order chi connectivity index (χ1) is 12.7. The number of aromatic nitrogens is 4. The molecule has 0 saturated carbocycles. The number of nitrogens with zero attached hydrogens (tertiary/aromatic N) is 6. The van der Waals surface area contributed by atoms with E-state index in [1.807, 2.05) is 34.5 Å². The number of hydrogen-bond donors (Lipinski definition) is 1. The van der Waals surface area contributed by atoms with Crippen LogP contribution in [0.3, 0.4) is 0 Å². The van der Waals surface area contributed by atoms with E-state index in [0.29, 0.717) is 18.8 Å². The van der Waals surface area contributed by atoms with Crippen molar-refractivity contribution in [3.05, 3.63) is 35.3 Å². The molecule has 1 amide bonds. The summed E-state index contributed by atoms with van der Waals surface area (Å²) in [6, 6.07) is 7.60. The highest BCUT2D eigenvalue weighted by molar-refractivity contribution is 7.13. The highest BCUT2D eigenvalue weighted by Crippen LogP contribution is 2.22. The molecule has 1 N–H and O–H groups in total. The fourth-order valence-corrected chi connectivity index (χ4v) is 3.94. The Kier molecular flexibility index (Phi) is 4.81. The topological polar surface area (TPSA) is 87.4 Å². The van der Waals surface area contributed by atoms with E-state index in [1.54, 1.807) is 0 Å². The summed E-state index contributed by atoms with van der Waals surface area (Å²) in [4.78, 5) is 22.6. The SMILES string of the molecule is O=C(Cn1nc2ccccc2n1)N1CCCN(c2nc(CO)cs2)CC1. The summed E-state index contributed by atoms with van der Waals surface area (Å²) in [5.74, 6) is 0.0299. The third-order valence-corrected chi connectivity index (χ3v) is 5.38. The van der Waals surface area contributed by atoms with Gasteiger partial charge in [0.05, 0.1) is 12.3 Å². The summed E-state index contributed by atoms with van der Waals surface area (Å²) in [6.45, 7) is 3.06. The lowest BCUT2D eigenvalue weighted by Gasteiger charge is -2.21. The van der Waals surface area contributed by atoms with Gasteiger partial charge >= 0.3 is 0 Å². The van der Waals surface area contributed by atoms with Gasteiger partial charge in [0.25, 0.3) is 0 Å². The van der Waals surface area contributed by atoms with E-state index < -0.39 is 0 Å². The summed E-state index contributed by atoms with van der Waals surface area (Å²) in [7, 11) is 0. The van der Waals surface area contributed by atoms with Crippen LogP contribution >= 0.6 is 11.3 Å². The molecule has 4 rings (SSSR count). The minimum atomic E-state index is -0.0415. The van der Waals surface area contributed by atoms with Crippen LogP contribution in [0.15, 0.2) is 29.6 Å². The Balaban J connectivity index is 1.39. The first-order valence-corrected chi connectivity index (χ1v) is 9.49. The van der Waals surface area contributed by atoms with Gasteiger partial charge in [-0.05, 0) is 18.6 Å². The van der Waals surface area contributed by atoms with E-state index in [2.05, 4.69) is 20.1 Å². The quantitative estimate of drug-likeness (QED) is 0.738. The van der Waals surface area contributed by atoms with Crippen molar-refractivity contribution < 1.29 is 9.90 Å². The normalized spacial score (nSPS) is 15.4. The van der Waals surface area contributed by atoms with Gasteiger partial charge in [0.2, 0.25) is 5.91 Å². The Morgan fingerprint density at radius 3 is 2.58 bits per heavy atom. The predicted molar refractivity (Wildman–Crippen MR) is 99.0 cm³/mol.